The molecule has 2 aliphatic rings. The van der Waals surface area contributed by atoms with Crippen LogP contribution < -0.4 is 20.3 Å². The number of benzene rings is 2. The monoisotopic (exact) mass is 409 g/mol. The molecule has 0 aromatic heterocycles. The van der Waals surface area contributed by atoms with E-state index in [0.717, 1.165) is 47.6 Å². The first kappa shape index (κ1) is 19.7. The molecule has 1 atom stereocenters. The highest BCUT2D eigenvalue weighted by atomic mass is 32.1. The van der Waals surface area contributed by atoms with Crippen molar-refractivity contribution in [2.75, 3.05) is 16.8 Å². The van der Waals surface area contributed by atoms with E-state index in [1.54, 1.807) is 0 Å². The number of hydrogen-bond acceptors (Lipinski definition) is 3. The number of nitrogens with one attached hydrogen (secondary N) is 2. The van der Waals surface area contributed by atoms with Crippen LogP contribution in [0, 0.1) is 6.92 Å². The molecule has 6 heteroatoms. The summed E-state index contributed by atoms with van der Waals surface area (Å²) in [5.74, 6) is 1.08. The van der Waals surface area contributed by atoms with Gasteiger partial charge < -0.3 is 20.3 Å². The Morgan fingerprint density at radius 3 is 2.79 bits per heavy atom. The van der Waals surface area contributed by atoms with Gasteiger partial charge in [0.2, 0.25) is 5.91 Å². The quantitative estimate of drug-likeness (QED) is 0.719. The number of anilines is 2. The number of rotatable bonds is 3. The van der Waals surface area contributed by atoms with E-state index < -0.39 is 0 Å². The Balaban J connectivity index is 1.50. The average Bonchev–Trinajstić information content (AvgIpc) is 3.08. The van der Waals surface area contributed by atoms with E-state index in [0.29, 0.717) is 11.5 Å². The molecule has 29 heavy (non-hydrogen) atoms. The Bertz CT molecular complexity index is 957. The van der Waals surface area contributed by atoms with Gasteiger partial charge in [0.05, 0.1) is 6.04 Å². The van der Waals surface area contributed by atoms with E-state index in [2.05, 4.69) is 30.5 Å². The zero-order valence-corrected chi connectivity index (χ0v) is 17.9. The zero-order chi connectivity index (χ0) is 20.6. The van der Waals surface area contributed by atoms with Crippen molar-refractivity contribution in [2.45, 2.75) is 51.7 Å². The summed E-state index contributed by atoms with van der Waals surface area (Å²) in [6, 6.07) is 14.2. The molecule has 0 unspecified atom stereocenters. The zero-order valence-electron chi connectivity index (χ0n) is 17.1. The fraction of sp³-hybridized carbons (Fsp3) is 0.391. The Hall–Kier alpha value is -2.60. The van der Waals surface area contributed by atoms with Crippen molar-refractivity contribution in [1.82, 2.24) is 5.32 Å². The van der Waals surface area contributed by atoms with E-state index in [-0.39, 0.29) is 17.6 Å². The van der Waals surface area contributed by atoms with Crippen LogP contribution in [-0.2, 0) is 4.79 Å². The lowest BCUT2D eigenvalue weighted by molar-refractivity contribution is -0.117. The van der Waals surface area contributed by atoms with Gasteiger partial charge in [-0.05, 0) is 63.2 Å². The second-order valence-corrected chi connectivity index (χ2v) is 8.81. The molecule has 0 radical (unpaired) electrons. The lowest BCUT2D eigenvalue weighted by Crippen LogP contribution is -2.42. The fourth-order valence-corrected chi connectivity index (χ4v) is 4.40. The number of hydrogen-bond donors (Lipinski definition) is 2. The van der Waals surface area contributed by atoms with Gasteiger partial charge in [0.15, 0.2) is 5.11 Å². The van der Waals surface area contributed by atoms with Gasteiger partial charge in [-0.1, -0.05) is 24.3 Å². The summed E-state index contributed by atoms with van der Waals surface area (Å²) < 4.78 is 6.10. The Kier molecular flexibility index (Phi) is 5.21. The number of amides is 1. The van der Waals surface area contributed by atoms with E-state index in [9.17, 15) is 4.79 Å². The predicted molar refractivity (Wildman–Crippen MR) is 121 cm³/mol. The third kappa shape index (κ3) is 4.22. The number of fused-ring (bicyclic) bond motifs is 1. The lowest BCUT2D eigenvalue weighted by Gasteiger charge is -2.38. The van der Waals surface area contributed by atoms with Crippen LogP contribution >= 0.6 is 12.2 Å². The van der Waals surface area contributed by atoms with Crippen molar-refractivity contribution in [3.8, 4) is 5.75 Å². The molecule has 0 spiro atoms. The van der Waals surface area contributed by atoms with Crippen LogP contribution in [0.3, 0.4) is 0 Å². The van der Waals surface area contributed by atoms with Gasteiger partial charge in [-0.15, -0.1) is 0 Å². The van der Waals surface area contributed by atoms with Crippen molar-refractivity contribution in [3.05, 3.63) is 53.6 Å². The first-order valence-electron chi connectivity index (χ1n) is 10.1. The van der Waals surface area contributed by atoms with Crippen molar-refractivity contribution in [3.63, 3.8) is 0 Å². The summed E-state index contributed by atoms with van der Waals surface area (Å²) in [6.45, 7) is 6.99. The second kappa shape index (κ2) is 7.67. The van der Waals surface area contributed by atoms with Gasteiger partial charge in [0.1, 0.15) is 11.4 Å². The first-order valence-corrected chi connectivity index (χ1v) is 10.5. The smallest absolute Gasteiger partial charge is 0.227 e. The van der Waals surface area contributed by atoms with Crippen LogP contribution in [0.4, 0.5) is 11.4 Å². The molecule has 2 N–H and O–H groups in total. The van der Waals surface area contributed by atoms with Gasteiger partial charge in [-0.3, -0.25) is 4.79 Å². The molecule has 2 aliphatic heterocycles. The lowest BCUT2D eigenvalue weighted by atomic mass is 9.90. The van der Waals surface area contributed by atoms with Gasteiger partial charge in [0.25, 0.3) is 0 Å². The Morgan fingerprint density at radius 1 is 1.24 bits per heavy atom. The normalized spacial score (nSPS) is 20.0. The molecule has 5 nitrogen and oxygen atoms in total. The van der Waals surface area contributed by atoms with Crippen LogP contribution in [0.25, 0.3) is 0 Å². The number of ether oxygens (including phenoxy) is 1. The molecule has 152 valence electrons. The first-order chi connectivity index (χ1) is 13.8. The second-order valence-electron chi connectivity index (χ2n) is 8.40. The van der Waals surface area contributed by atoms with Gasteiger partial charge in [0, 0.05) is 36.3 Å². The molecule has 0 aliphatic carbocycles. The minimum atomic E-state index is -0.269. The minimum Gasteiger partial charge on any atom is -0.487 e. The molecule has 4 rings (SSSR count). The van der Waals surface area contributed by atoms with Crippen molar-refractivity contribution >= 4 is 34.6 Å². The maximum absolute atomic E-state index is 12.2. The topological polar surface area (TPSA) is 53.6 Å². The molecule has 0 bridgehead atoms. The molecule has 1 amide bonds. The molecule has 2 aromatic rings. The molecular formula is C23H27N3O2S. The Labute approximate surface area is 177 Å². The third-order valence-electron chi connectivity index (χ3n) is 5.51. The van der Waals surface area contributed by atoms with Crippen molar-refractivity contribution in [2.24, 2.45) is 0 Å². The van der Waals surface area contributed by atoms with Crippen molar-refractivity contribution in [1.29, 1.82) is 0 Å². The molecular weight excluding hydrogens is 382 g/mol. The van der Waals surface area contributed by atoms with Crippen LogP contribution in [0.15, 0.2) is 42.5 Å². The summed E-state index contributed by atoms with van der Waals surface area (Å²) in [4.78, 5) is 14.0. The number of nitrogens with zero attached hydrogens (tertiary/aromatic N) is 1. The van der Waals surface area contributed by atoms with Gasteiger partial charge in [-0.25, -0.2) is 0 Å². The summed E-state index contributed by atoms with van der Waals surface area (Å²) in [5.41, 5.74) is 3.77. The molecule has 1 fully saturated rings. The maximum atomic E-state index is 12.2. The van der Waals surface area contributed by atoms with Crippen LogP contribution in [0.5, 0.6) is 5.75 Å². The van der Waals surface area contributed by atoms with E-state index >= 15 is 0 Å². The standard InChI is InChI=1S/C23H27N3O2S/c1-15-10-11-16(13-19(15)26-12-6-9-21(26)27)24-22(29)25-18-14-23(2,3)28-20-8-5-4-7-17(18)20/h4-5,7-8,10-11,13,18H,6,9,12,14H2,1-3H3,(H2,24,25,29)/t18-/m0/s1. The molecule has 0 saturated carbocycles. The van der Waals surface area contributed by atoms with Gasteiger partial charge >= 0.3 is 0 Å². The number of carbonyl (C=O) groups excluding carboxylic acids is 1. The highest BCUT2D eigenvalue weighted by molar-refractivity contribution is 7.80. The number of aryl methyl sites for hydroxylation is 1. The Morgan fingerprint density at radius 2 is 2.03 bits per heavy atom. The summed E-state index contributed by atoms with van der Waals surface area (Å²) in [7, 11) is 0. The molecule has 2 heterocycles. The summed E-state index contributed by atoms with van der Waals surface area (Å²) >= 11 is 5.61. The number of thiocarbonyl (C=S) groups is 1. The highest BCUT2D eigenvalue weighted by Crippen LogP contribution is 2.39. The predicted octanol–water partition coefficient (Wildman–Crippen LogP) is 4.71. The van der Waals surface area contributed by atoms with Crippen LogP contribution in [0.1, 0.15) is 50.3 Å². The largest absolute Gasteiger partial charge is 0.487 e. The summed E-state index contributed by atoms with van der Waals surface area (Å²) in [6.07, 6.45) is 2.35. The highest BCUT2D eigenvalue weighted by Gasteiger charge is 2.33. The molecule has 2 aromatic carbocycles. The van der Waals surface area contributed by atoms with E-state index in [4.69, 9.17) is 17.0 Å². The van der Waals surface area contributed by atoms with E-state index in [1.807, 2.05) is 48.2 Å². The van der Waals surface area contributed by atoms with Crippen LogP contribution in [-0.4, -0.2) is 23.2 Å². The van der Waals surface area contributed by atoms with E-state index in [1.165, 1.54) is 0 Å². The maximum Gasteiger partial charge on any atom is 0.227 e. The third-order valence-corrected chi connectivity index (χ3v) is 5.73. The SMILES string of the molecule is Cc1ccc(NC(=S)N[C@H]2CC(C)(C)Oc3ccccc32)cc1N1CCCC1=O. The summed E-state index contributed by atoms with van der Waals surface area (Å²) in [5, 5.41) is 7.31. The minimum absolute atomic E-state index is 0.0695. The van der Waals surface area contributed by atoms with Crippen molar-refractivity contribution < 1.29 is 9.53 Å². The molecule has 1 saturated heterocycles. The average molecular weight is 410 g/mol. The number of para-hydroxylation sites is 1. The number of carbonyl (C=O) groups is 1. The van der Waals surface area contributed by atoms with Gasteiger partial charge in [-0.2, -0.15) is 0 Å². The van der Waals surface area contributed by atoms with Crippen LogP contribution in [0.2, 0.25) is 0 Å². The fourth-order valence-electron chi connectivity index (χ4n) is 4.14.